The molecule has 0 radical (unpaired) electrons. The van der Waals surface area contributed by atoms with Gasteiger partial charge in [0, 0.05) is 26.0 Å². The Kier molecular flexibility index (Phi) is 14.6. The van der Waals surface area contributed by atoms with Gasteiger partial charge in [-0.1, -0.05) is 12.1 Å². The molecule has 2 aromatic rings. The molecule has 55 heavy (non-hydrogen) atoms. The molecule has 6 N–H and O–H groups in total. The first-order chi connectivity index (χ1) is 26.1. The predicted octanol–water partition coefficient (Wildman–Crippen LogP) is -0.297. The molecule has 2 saturated heterocycles. The molecular formula is C36H42O19. The Morgan fingerprint density at radius 1 is 0.764 bits per heavy atom. The molecule has 0 saturated carbocycles. The minimum absolute atomic E-state index is 0.108. The number of carbonyl (C=O) groups excluding carboxylic acids is 4. The average Bonchev–Trinajstić information content (AvgIpc) is 3.43. The summed E-state index contributed by atoms with van der Waals surface area (Å²) in [5.41, 5.74) is 0.845. The van der Waals surface area contributed by atoms with E-state index < -0.39 is 98.5 Å². The van der Waals surface area contributed by atoms with Crippen LogP contribution in [0.5, 0.6) is 23.0 Å². The van der Waals surface area contributed by atoms with Gasteiger partial charge in [-0.05, 0) is 47.5 Å². The normalized spacial score (nSPS) is 27.8. The molecule has 0 aliphatic carbocycles. The topological polar surface area (TPSA) is 273 Å². The molecular weight excluding hydrogens is 736 g/mol. The number of benzene rings is 2. The Morgan fingerprint density at radius 2 is 1.31 bits per heavy atom. The van der Waals surface area contributed by atoms with Gasteiger partial charge in [0.1, 0.15) is 37.6 Å². The minimum Gasteiger partial charge on any atom is -0.504 e. The number of phenolic OH excluding ortho intramolecular Hbond substituents is 2. The molecule has 2 heterocycles. The maximum absolute atomic E-state index is 13.1. The van der Waals surface area contributed by atoms with Gasteiger partial charge in [0.25, 0.3) is 0 Å². The van der Waals surface area contributed by atoms with Gasteiger partial charge < -0.3 is 73.3 Å². The van der Waals surface area contributed by atoms with Gasteiger partial charge >= 0.3 is 23.9 Å². The second-order valence-corrected chi connectivity index (χ2v) is 12.1. The second-order valence-electron chi connectivity index (χ2n) is 12.1. The van der Waals surface area contributed by atoms with E-state index in [0.717, 1.165) is 26.0 Å². The number of hydrogen-bond donors (Lipinski definition) is 6. The lowest BCUT2D eigenvalue weighted by atomic mass is 9.98. The van der Waals surface area contributed by atoms with Crippen molar-refractivity contribution in [3.05, 3.63) is 59.7 Å². The zero-order chi connectivity index (χ0) is 40.4. The van der Waals surface area contributed by atoms with Gasteiger partial charge in [-0.2, -0.15) is 0 Å². The van der Waals surface area contributed by atoms with Crippen LogP contribution >= 0.6 is 0 Å². The maximum atomic E-state index is 13.1. The van der Waals surface area contributed by atoms with Crippen LogP contribution in [0.2, 0.25) is 0 Å². The third-order valence-electron chi connectivity index (χ3n) is 8.27. The fourth-order valence-corrected chi connectivity index (χ4v) is 5.69. The molecule has 0 aromatic heterocycles. The highest BCUT2D eigenvalue weighted by molar-refractivity contribution is 5.88. The number of ether oxygens (including phenoxy) is 9. The Balaban J connectivity index is 1.58. The van der Waals surface area contributed by atoms with Crippen LogP contribution in [0.3, 0.4) is 0 Å². The summed E-state index contributed by atoms with van der Waals surface area (Å²) < 4.78 is 48.8. The van der Waals surface area contributed by atoms with Crippen molar-refractivity contribution in [1.82, 2.24) is 0 Å². The zero-order valence-corrected chi connectivity index (χ0v) is 30.0. The zero-order valence-electron chi connectivity index (χ0n) is 30.0. The summed E-state index contributed by atoms with van der Waals surface area (Å²) >= 11 is 0. The number of carbonyl (C=O) groups is 4. The number of hydrogen-bond acceptors (Lipinski definition) is 19. The number of phenols is 2. The van der Waals surface area contributed by atoms with E-state index in [2.05, 4.69) is 0 Å². The Hall–Kier alpha value is -5.28. The van der Waals surface area contributed by atoms with Gasteiger partial charge in [-0.15, -0.1) is 0 Å². The summed E-state index contributed by atoms with van der Waals surface area (Å²) in [7, 11) is 2.67. The lowest BCUT2D eigenvalue weighted by Crippen LogP contribution is -2.64. The summed E-state index contributed by atoms with van der Waals surface area (Å²) in [4.78, 5) is 49.8. The molecule has 2 fully saturated rings. The summed E-state index contributed by atoms with van der Waals surface area (Å²) in [6, 6.07) is 8.47. The molecule has 300 valence electrons. The van der Waals surface area contributed by atoms with E-state index in [1.54, 1.807) is 0 Å². The summed E-state index contributed by atoms with van der Waals surface area (Å²) in [6.45, 7) is -0.692. The molecule has 0 bridgehead atoms. The van der Waals surface area contributed by atoms with Crippen LogP contribution in [0.1, 0.15) is 25.0 Å². The standard InChI is InChI=1S/C36H42O19/c1-18(39)50-32-27(16-49-28(43)11-7-20-5-9-22(41)24(13-20)47-3)52-35(31(46)30(32)45)55-36(17-38)34(33(51-19(2)40)26(15-37)54-36)53-29(44)12-8-21-6-10-23(42)25(14-21)48-4/h5-14,26-27,30-35,37-38,41-42,45-46H,15-17H2,1-4H3/t26-,27-,30-,31-,32-,33-,34+,35-,36+/m1/s1. The predicted molar refractivity (Wildman–Crippen MR) is 183 cm³/mol. The van der Waals surface area contributed by atoms with Gasteiger partial charge in [0.2, 0.25) is 5.79 Å². The largest absolute Gasteiger partial charge is 0.504 e. The Morgan fingerprint density at radius 3 is 1.82 bits per heavy atom. The van der Waals surface area contributed by atoms with Gasteiger partial charge in [0.05, 0.1) is 20.8 Å². The van der Waals surface area contributed by atoms with Crippen molar-refractivity contribution >= 4 is 36.0 Å². The van der Waals surface area contributed by atoms with E-state index in [0.29, 0.717) is 11.1 Å². The van der Waals surface area contributed by atoms with E-state index >= 15 is 0 Å². The molecule has 2 aliphatic rings. The molecule has 0 amide bonds. The van der Waals surface area contributed by atoms with Crippen molar-refractivity contribution in [2.24, 2.45) is 0 Å². The van der Waals surface area contributed by atoms with Crippen molar-refractivity contribution < 1.29 is 92.4 Å². The smallest absolute Gasteiger partial charge is 0.331 e. The first kappa shape index (κ1) is 42.5. The molecule has 19 nitrogen and oxygen atoms in total. The van der Waals surface area contributed by atoms with Crippen molar-refractivity contribution in [2.75, 3.05) is 34.0 Å². The quantitative estimate of drug-likeness (QED) is 0.0770. The molecule has 2 aliphatic heterocycles. The van der Waals surface area contributed by atoms with Crippen LogP contribution in [-0.2, 0) is 52.3 Å². The van der Waals surface area contributed by atoms with Crippen LogP contribution in [0.15, 0.2) is 48.6 Å². The van der Waals surface area contributed by atoms with E-state index in [4.69, 9.17) is 42.6 Å². The number of aromatic hydroxyl groups is 2. The van der Waals surface area contributed by atoms with Gasteiger partial charge in [-0.25, -0.2) is 9.59 Å². The molecule has 19 heteroatoms. The maximum Gasteiger partial charge on any atom is 0.331 e. The van der Waals surface area contributed by atoms with Gasteiger partial charge in [-0.3, -0.25) is 9.59 Å². The second kappa shape index (κ2) is 18.8. The van der Waals surface area contributed by atoms with Crippen molar-refractivity contribution in [3.8, 4) is 23.0 Å². The first-order valence-corrected chi connectivity index (χ1v) is 16.6. The fourth-order valence-electron chi connectivity index (χ4n) is 5.69. The Bertz CT molecular complexity index is 1740. The minimum atomic E-state index is -2.55. The van der Waals surface area contributed by atoms with Crippen molar-refractivity contribution in [3.63, 3.8) is 0 Å². The van der Waals surface area contributed by atoms with Crippen molar-refractivity contribution in [2.45, 2.75) is 68.7 Å². The SMILES string of the molecule is COc1cc(C=CC(=O)OC[C@H]2O[C@H](O[C@]3(CO)O[C@H](CO)[C@@H](OC(C)=O)[C@@H]3OC(=O)C=Cc3ccc(O)c(OC)c3)[C@H](O)[C@@H](O)[C@@H]2OC(C)=O)ccc1O. The van der Waals surface area contributed by atoms with E-state index in [-0.39, 0.29) is 23.0 Å². The van der Waals surface area contributed by atoms with E-state index in [1.165, 1.54) is 62.8 Å². The Labute approximate surface area is 313 Å². The first-order valence-electron chi connectivity index (χ1n) is 16.6. The highest BCUT2D eigenvalue weighted by Crippen LogP contribution is 2.40. The highest BCUT2D eigenvalue weighted by atomic mass is 16.8. The summed E-state index contributed by atoms with van der Waals surface area (Å²) in [5.74, 6) is -6.40. The fraction of sp³-hybridized carbons (Fsp3) is 0.444. The van der Waals surface area contributed by atoms with E-state index in [1.807, 2.05) is 0 Å². The summed E-state index contributed by atoms with van der Waals surface area (Å²) in [6.07, 6.45) is -9.52. The molecule has 9 atom stereocenters. The van der Waals surface area contributed by atoms with Crippen molar-refractivity contribution in [1.29, 1.82) is 0 Å². The molecule has 0 unspecified atom stereocenters. The summed E-state index contributed by atoms with van der Waals surface area (Å²) in [5, 5.41) is 62.6. The molecule has 2 aromatic carbocycles. The van der Waals surface area contributed by atoms with Crippen LogP contribution in [0.25, 0.3) is 12.2 Å². The lowest BCUT2D eigenvalue weighted by Gasteiger charge is -2.44. The third kappa shape index (κ3) is 10.5. The number of rotatable bonds is 15. The average molecular weight is 779 g/mol. The monoisotopic (exact) mass is 778 g/mol. The van der Waals surface area contributed by atoms with E-state index in [9.17, 15) is 49.8 Å². The van der Waals surface area contributed by atoms with Crippen LogP contribution in [-0.4, -0.2) is 143 Å². The van der Waals surface area contributed by atoms with Crippen LogP contribution in [0, 0.1) is 0 Å². The highest BCUT2D eigenvalue weighted by Gasteiger charge is 2.62. The number of esters is 4. The van der Waals surface area contributed by atoms with Crippen LogP contribution in [0.4, 0.5) is 0 Å². The molecule has 4 rings (SSSR count). The lowest BCUT2D eigenvalue weighted by molar-refractivity contribution is -0.383. The number of methoxy groups -OCH3 is 2. The van der Waals surface area contributed by atoms with Gasteiger partial charge in [0.15, 0.2) is 47.6 Å². The van der Waals surface area contributed by atoms with Crippen LogP contribution < -0.4 is 9.47 Å². The number of aliphatic hydroxyl groups excluding tert-OH is 4. The molecule has 0 spiro atoms. The number of aliphatic hydroxyl groups is 4. The third-order valence-corrected chi connectivity index (χ3v) is 8.27.